The molecule has 0 spiro atoms. The van der Waals surface area contributed by atoms with Crippen LogP contribution in [0.1, 0.15) is 19.8 Å². The third-order valence-corrected chi connectivity index (χ3v) is 2.38. The van der Waals surface area contributed by atoms with Gasteiger partial charge in [0.05, 0.1) is 6.04 Å². The number of nitrogens with one attached hydrogen (secondary N) is 2. The molecule has 0 aliphatic carbocycles. The van der Waals surface area contributed by atoms with Crippen LogP contribution in [0.5, 0.6) is 0 Å². The van der Waals surface area contributed by atoms with Crippen LogP contribution in [0.4, 0.5) is 0 Å². The van der Waals surface area contributed by atoms with Gasteiger partial charge in [-0.1, -0.05) is 12.8 Å². The lowest BCUT2D eigenvalue weighted by Crippen LogP contribution is -2.50. The number of carbonyl (C=O) groups excluding carboxylic acids is 1. The predicted octanol–water partition coefficient (Wildman–Crippen LogP) is 0.0555. The minimum absolute atomic E-state index is 0.104. The molecule has 1 amide bonds. The second-order valence-corrected chi connectivity index (χ2v) is 3.51. The van der Waals surface area contributed by atoms with Crippen molar-refractivity contribution in [3.05, 3.63) is 0 Å². The average molecular weight is 196 g/mol. The Hall–Kier alpha value is -1.05. The zero-order valence-corrected chi connectivity index (χ0v) is 8.38. The molecule has 1 rings (SSSR count). The quantitative estimate of drug-likeness (QED) is 0.381. The molecule has 0 aromatic heterocycles. The number of amides is 1. The van der Waals surface area contributed by atoms with Crippen molar-refractivity contribution < 1.29 is 9.63 Å². The van der Waals surface area contributed by atoms with Crippen molar-refractivity contribution in [2.45, 2.75) is 25.8 Å². The largest absolute Gasteiger partial charge is 0.306 e. The van der Waals surface area contributed by atoms with Crippen molar-refractivity contribution in [2.24, 2.45) is 5.92 Å². The Balaban J connectivity index is 2.31. The summed E-state index contributed by atoms with van der Waals surface area (Å²) in [6, 6.07) is -0.151. The Bertz CT molecular complexity index is 235. The summed E-state index contributed by atoms with van der Waals surface area (Å²) in [6.07, 6.45) is 7.17. The Kier molecular flexibility index (Phi) is 4.44. The Labute approximate surface area is 84.3 Å². The molecule has 0 saturated carbocycles. The number of hydroxylamine groups is 1. The van der Waals surface area contributed by atoms with Crippen molar-refractivity contribution in [3.8, 4) is 12.3 Å². The molecule has 1 saturated heterocycles. The van der Waals surface area contributed by atoms with Gasteiger partial charge < -0.3 is 5.32 Å². The summed E-state index contributed by atoms with van der Waals surface area (Å²) in [6.45, 7) is 3.04. The highest BCUT2D eigenvalue weighted by molar-refractivity contribution is 5.81. The predicted molar refractivity (Wildman–Crippen MR) is 53.1 cm³/mol. The van der Waals surface area contributed by atoms with E-state index in [2.05, 4.69) is 23.6 Å². The van der Waals surface area contributed by atoms with E-state index < -0.39 is 0 Å². The summed E-state index contributed by atoms with van der Waals surface area (Å²) in [4.78, 5) is 16.3. The maximum absolute atomic E-state index is 11.5. The summed E-state index contributed by atoms with van der Waals surface area (Å²) < 4.78 is 0. The maximum atomic E-state index is 11.5. The van der Waals surface area contributed by atoms with Gasteiger partial charge in [-0.25, -0.2) is 5.48 Å². The van der Waals surface area contributed by atoms with Crippen molar-refractivity contribution in [1.82, 2.24) is 10.8 Å². The number of piperidine rings is 1. The zero-order chi connectivity index (χ0) is 10.4. The van der Waals surface area contributed by atoms with Crippen LogP contribution in [0.3, 0.4) is 0 Å². The molecule has 1 fully saturated rings. The lowest BCUT2D eigenvalue weighted by atomic mass is 9.92. The summed E-state index contributed by atoms with van der Waals surface area (Å²) in [5, 5.41) is 3.15. The second-order valence-electron chi connectivity index (χ2n) is 3.51. The van der Waals surface area contributed by atoms with Gasteiger partial charge in [0.15, 0.2) is 0 Å². The molecule has 78 valence electrons. The first-order chi connectivity index (χ1) is 6.75. The third-order valence-electron chi connectivity index (χ3n) is 2.38. The van der Waals surface area contributed by atoms with Crippen molar-refractivity contribution in [2.75, 3.05) is 13.2 Å². The van der Waals surface area contributed by atoms with E-state index in [1.54, 1.807) is 0 Å². The van der Waals surface area contributed by atoms with E-state index in [1.165, 1.54) is 0 Å². The fourth-order valence-electron chi connectivity index (χ4n) is 1.61. The molecule has 0 aromatic carbocycles. The molecule has 4 heteroatoms. The highest BCUT2D eigenvalue weighted by Crippen LogP contribution is 2.15. The molecule has 1 heterocycles. The molecule has 2 atom stereocenters. The molecule has 1 aliphatic heterocycles. The van der Waals surface area contributed by atoms with Gasteiger partial charge in [0.1, 0.15) is 6.61 Å². The molecular weight excluding hydrogens is 180 g/mol. The van der Waals surface area contributed by atoms with Crippen LogP contribution in [0.2, 0.25) is 0 Å². The van der Waals surface area contributed by atoms with E-state index >= 15 is 0 Å². The molecule has 0 bridgehead atoms. The van der Waals surface area contributed by atoms with Gasteiger partial charge in [-0.15, -0.1) is 6.42 Å². The van der Waals surface area contributed by atoms with Crippen LogP contribution in [-0.4, -0.2) is 25.1 Å². The van der Waals surface area contributed by atoms with Gasteiger partial charge in [0.25, 0.3) is 5.91 Å². The molecule has 0 radical (unpaired) electrons. The number of hydrogen-bond acceptors (Lipinski definition) is 3. The average Bonchev–Trinajstić information content (AvgIpc) is 2.18. The standard InChI is InChI=1S/C10H16N2O2/c1-3-7-14-12-10(13)9-8(2)5-4-6-11-9/h1,8-9,11H,4-7H2,2H3,(H,12,13). The van der Waals surface area contributed by atoms with Crippen LogP contribution in [0.15, 0.2) is 0 Å². The summed E-state index contributed by atoms with van der Waals surface area (Å²) in [5.41, 5.74) is 2.34. The van der Waals surface area contributed by atoms with Crippen molar-refractivity contribution in [3.63, 3.8) is 0 Å². The molecule has 1 aliphatic rings. The summed E-state index contributed by atoms with van der Waals surface area (Å²) in [7, 11) is 0. The lowest BCUT2D eigenvalue weighted by molar-refractivity contribution is -0.136. The fourth-order valence-corrected chi connectivity index (χ4v) is 1.61. The number of hydrogen-bond donors (Lipinski definition) is 2. The molecule has 0 aromatic rings. The topological polar surface area (TPSA) is 50.4 Å². The molecular formula is C10H16N2O2. The Morgan fingerprint density at radius 1 is 1.79 bits per heavy atom. The monoisotopic (exact) mass is 196 g/mol. The van der Waals surface area contributed by atoms with Crippen LogP contribution < -0.4 is 10.8 Å². The summed E-state index contributed by atoms with van der Waals surface area (Å²) >= 11 is 0. The zero-order valence-electron chi connectivity index (χ0n) is 8.38. The molecule has 14 heavy (non-hydrogen) atoms. The summed E-state index contributed by atoms with van der Waals surface area (Å²) in [5.74, 6) is 2.49. The molecule has 2 unspecified atom stereocenters. The smallest absolute Gasteiger partial charge is 0.260 e. The van der Waals surface area contributed by atoms with Gasteiger partial charge in [0, 0.05) is 0 Å². The minimum Gasteiger partial charge on any atom is -0.306 e. The van der Waals surface area contributed by atoms with Gasteiger partial charge in [0.2, 0.25) is 0 Å². The molecule has 2 N–H and O–H groups in total. The Morgan fingerprint density at radius 2 is 2.57 bits per heavy atom. The molecule has 4 nitrogen and oxygen atoms in total. The van der Waals surface area contributed by atoms with Gasteiger partial charge in [-0.3, -0.25) is 9.63 Å². The van der Waals surface area contributed by atoms with Gasteiger partial charge in [-0.2, -0.15) is 0 Å². The normalized spacial score (nSPS) is 26.6. The van der Waals surface area contributed by atoms with Crippen molar-refractivity contribution in [1.29, 1.82) is 0 Å². The van der Waals surface area contributed by atoms with Gasteiger partial charge in [-0.05, 0) is 25.3 Å². The number of carbonyl (C=O) groups is 1. The number of terminal acetylenes is 1. The van der Waals surface area contributed by atoms with E-state index in [4.69, 9.17) is 11.3 Å². The first kappa shape index (κ1) is 11.0. The van der Waals surface area contributed by atoms with Crippen LogP contribution in [-0.2, 0) is 9.63 Å². The highest BCUT2D eigenvalue weighted by Gasteiger charge is 2.27. The lowest BCUT2D eigenvalue weighted by Gasteiger charge is -2.28. The first-order valence-electron chi connectivity index (χ1n) is 4.84. The third kappa shape index (κ3) is 3.02. The van der Waals surface area contributed by atoms with Gasteiger partial charge >= 0.3 is 0 Å². The minimum atomic E-state index is -0.151. The van der Waals surface area contributed by atoms with E-state index in [1.807, 2.05) is 0 Å². The maximum Gasteiger partial charge on any atom is 0.260 e. The number of rotatable bonds is 3. The first-order valence-corrected chi connectivity index (χ1v) is 4.84. The fraction of sp³-hybridized carbons (Fsp3) is 0.700. The van der Waals surface area contributed by atoms with E-state index in [0.29, 0.717) is 5.92 Å². The Morgan fingerprint density at radius 3 is 3.21 bits per heavy atom. The van der Waals surface area contributed by atoms with E-state index in [0.717, 1.165) is 19.4 Å². The van der Waals surface area contributed by atoms with E-state index in [9.17, 15) is 4.79 Å². The van der Waals surface area contributed by atoms with Crippen LogP contribution in [0.25, 0.3) is 0 Å². The second kappa shape index (κ2) is 5.63. The van der Waals surface area contributed by atoms with Crippen LogP contribution in [0, 0.1) is 18.3 Å². The van der Waals surface area contributed by atoms with Crippen molar-refractivity contribution >= 4 is 5.91 Å². The van der Waals surface area contributed by atoms with E-state index in [-0.39, 0.29) is 18.6 Å². The SMILES string of the molecule is C#CCONC(=O)C1NCCCC1C. The van der Waals surface area contributed by atoms with Crippen LogP contribution >= 0.6 is 0 Å². The highest BCUT2D eigenvalue weighted by atomic mass is 16.6.